The van der Waals surface area contributed by atoms with Gasteiger partial charge in [-0.05, 0) is 110 Å². The molecule has 1 N–H and O–H groups in total. The van der Waals surface area contributed by atoms with Crippen LogP contribution in [0.15, 0.2) is 36.4 Å². The Hall–Kier alpha value is -2.29. The van der Waals surface area contributed by atoms with E-state index in [-0.39, 0.29) is 11.3 Å². The Labute approximate surface area is 186 Å². The van der Waals surface area contributed by atoms with E-state index in [1.54, 1.807) is 12.7 Å². The summed E-state index contributed by atoms with van der Waals surface area (Å²) in [6.07, 6.45) is 7.78. The molecule has 0 aromatic heterocycles. The maximum Gasteiger partial charge on any atom is 0.255 e. The Balaban J connectivity index is 1.39. The molecule has 4 bridgehead atoms. The lowest BCUT2D eigenvalue weighted by Crippen LogP contribution is -2.57. The van der Waals surface area contributed by atoms with Crippen molar-refractivity contribution in [3.8, 4) is 5.75 Å². The number of benzene rings is 2. The summed E-state index contributed by atoms with van der Waals surface area (Å²) in [5.41, 5.74) is 6.50. The quantitative estimate of drug-likeness (QED) is 0.659. The van der Waals surface area contributed by atoms with Crippen LogP contribution in [0, 0.1) is 38.0 Å². The predicted molar refractivity (Wildman–Crippen MR) is 125 cm³/mol. The van der Waals surface area contributed by atoms with Crippen LogP contribution in [0.1, 0.15) is 71.1 Å². The summed E-state index contributed by atoms with van der Waals surface area (Å²) in [5.74, 6) is 2.29. The number of amides is 1. The molecule has 1 amide bonds. The van der Waals surface area contributed by atoms with Gasteiger partial charge < -0.3 is 10.1 Å². The predicted octanol–water partition coefficient (Wildman–Crippen LogP) is 5.89. The van der Waals surface area contributed by atoms with E-state index in [4.69, 9.17) is 4.74 Å². The molecule has 6 rings (SSSR count). The number of ether oxygens (including phenoxy) is 1. The van der Waals surface area contributed by atoms with Gasteiger partial charge in [0.1, 0.15) is 5.75 Å². The van der Waals surface area contributed by atoms with E-state index in [1.807, 2.05) is 25.1 Å². The summed E-state index contributed by atoms with van der Waals surface area (Å²) in [5, 5.41) is 3.33. The van der Waals surface area contributed by atoms with Crippen molar-refractivity contribution in [2.24, 2.45) is 17.3 Å². The Morgan fingerprint density at radius 3 is 2.42 bits per heavy atom. The third-order valence-corrected chi connectivity index (χ3v) is 8.59. The molecule has 4 aliphatic rings. The number of hydrogen-bond donors (Lipinski definition) is 1. The Kier molecular flexibility index (Phi) is 4.91. The highest BCUT2D eigenvalue weighted by Gasteiger charge is 2.58. The average Bonchev–Trinajstić information content (AvgIpc) is 2.73. The van der Waals surface area contributed by atoms with Crippen LogP contribution >= 0.6 is 0 Å². The highest BCUT2D eigenvalue weighted by molar-refractivity contribution is 5.97. The van der Waals surface area contributed by atoms with Crippen molar-refractivity contribution in [1.29, 1.82) is 0 Å². The molecule has 164 valence electrons. The van der Waals surface area contributed by atoms with E-state index in [1.165, 1.54) is 49.7 Å². The Morgan fingerprint density at radius 2 is 1.74 bits per heavy atom. The number of hydrogen-bond acceptors (Lipinski definition) is 2. The van der Waals surface area contributed by atoms with Crippen LogP contribution in [0.25, 0.3) is 0 Å². The van der Waals surface area contributed by atoms with Crippen molar-refractivity contribution in [3.63, 3.8) is 0 Å². The van der Waals surface area contributed by atoms with Crippen molar-refractivity contribution < 1.29 is 9.53 Å². The second-order valence-electron chi connectivity index (χ2n) is 10.9. The fourth-order valence-corrected chi connectivity index (χ4v) is 7.53. The fourth-order valence-electron chi connectivity index (χ4n) is 7.53. The minimum Gasteiger partial charge on any atom is -0.496 e. The topological polar surface area (TPSA) is 38.3 Å². The highest BCUT2D eigenvalue weighted by Crippen LogP contribution is 2.65. The molecule has 0 aliphatic heterocycles. The molecule has 2 aromatic carbocycles. The first-order chi connectivity index (χ1) is 14.8. The first kappa shape index (κ1) is 20.6. The first-order valence-corrected chi connectivity index (χ1v) is 11.8. The molecular formula is C28H35NO2. The molecule has 0 heterocycles. The van der Waals surface area contributed by atoms with Crippen LogP contribution in [-0.4, -0.2) is 19.6 Å². The monoisotopic (exact) mass is 417 g/mol. The Bertz CT molecular complexity index is 1010. The van der Waals surface area contributed by atoms with Gasteiger partial charge >= 0.3 is 0 Å². The summed E-state index contributed by atoms with van der Waals surface area (Å²) >= 11 is 0. The van der Waals surface area contributed by atoms with Crippen LogP contribution < -0.4 is 10.1 Å². The molecule has 0 spiro atoms. The van der Waals surface area contributed by atoms with E-state index >= 15 is 0 Å². The van der Waals surface area contributed by atoms with E-state index in [0.717, 1.165) is 23.9 Å². The van der Waals surface area contributed by atoms with Gasteiger partial charge in [0.25, 0.3) is 5.91 Å². The van der Waals surface area contributed by atoms with Gasteiger partial charge in [-0.2, -0.15) is 0 Å². The van der Waals surface area contributed by atoms with E-state index in [0.29, 0.717) is 16.7 Å². The number of carbonyl (C=O) groups excluding carboxylic acids is 1. The second kappa shape index (κ2) is 7.39. The average molecular weight is 418 g/mol. The second-order valence-corrected chi connectivity index (χ2v) is 10.9. The lowest BCUT2D eigenvalue weighted by Gasteiger charge is -2.62. The van der Waals surface area contributed by atoms with Gasteiger partial charge in [-0.3, -0.25) is 4.79 Å². The zero-order valence-electron chi connectivity index (χ0n) is 19.4. The summed E-state index contributed by atoms with van der Waals surface area (Å²) in [7, 11) is 1.64. The highest BCUT2D eigenvalue weighted by atomic mass is 16.5. The van der Waals surface area contributed by atoms with Gasteiger partial charge in [-0.1, -0.05) is 30.3 Å². The van der Waals surface area contributed by atoms with Crippen LogP contribution in [0.2, 0.25) is 0 Å². The molecular weight excluding hydrogens is 382 g/mol. The fraction of sp³-hybridized carbons (Fsp3) is 0.536. The van der Waals surface area contributed by atoms with Gasteiger partial charge in [-0.15, -0.1) is 0 Å². The Morgan fingerprint density at radius 1 is 1.00 bits per heavy atom. The van der Waals surface area contributed by atoms with Gasteiger partial charge in [-0.25, -0.2) is 0 Å². The van der Waals surface area contributed by atoms with Crippen LogP contribution in [0.4, 0.5) is 0 Å². The van der Waals surface area contributed by atoms with Gasteiger partial charge in [0, 0.05) is 6.54 Å². The molecule has 4 aliphatic carbocycles. The molecule has 3 nitrogen and oxygen atoms in total. The molecule has 2 aromatic rings. The molecule has 4 saturated carbocycles. The normalized spacial score (nSPS) is 31.0. The first-order valence-electron chi connectivity index (χ1n) is 11.8. The minimum atomic E-state index is -0.00322. The van der Waals surface area contributed by atoms with Crippen molar-refractivity contribution in [3.05, 3.63) is 64.2 Å². The van der Waals surface area contributed by atoms with E-state index in [2.05, 4.69) is 37.4 Å². The van der Waals surface area contributed by atoms with E-state index < -0.39 is 0 Å². The smallest absolute Gasteiger partial charge is 0.255 e. The van der Waals surface area contributed by atoms with Gasteiger partial charge in [0.15, 0.2) is 0 Å². The summed E-state index contributed by atoms with van der Waals surface area (Å²) < 4.78 is 5.53. The molecule has 0 radical (unpaired) electrons. The lowest BCUT2D eigenvalue weighted by molar-refractivity contribution is -0.0697. The zero-order valence-corrected chi connectivity index (χ0v) is 19.4. The van der Waals surface area contributed by atoms with Crippen LogP contribution in [-0.2, 0) is 5.41 Å². The lowest BCUT2D eigenvalue weighted by atomic mass is 9.43. The largest absolute Gasteiger partial charge is 0.496 e. The summed E-state index contributed by atoms with van der Waals surface area (Å²) in [4.78, 5) is 13.1. The third-order valence-electron chi connectivity index (χ3n) is 8.59. The number of para-hydroxylation sites is 1. The van der Waals surface area contributed by atoms with Crippen LogP contribution in [0.5, 0.6) is 5.75 Å². The van der Waals surface area contributed by atoms with Crippen molar-refractivity contribution in [2.45, 2.75) is 64.7 Å². The number of carbonyl (C=O) groups is 1. The standard InChI is InChI=1S/C28H35NO2/c1-18-8-9-23(10-20(18)3)28-14-21-11-22(15-28)13-27(12-21,16-28)17-29-26(30)24-7-5-6-19(2)25(24)31-4/h5-10,21-22H,11-17H2,1-4H3,(H,29,30)/t21-,22-,27?,28?/m0/s1. The summed E-state index contributed by atoms with van der Waals surface area (Å²) in [6, 6.07) is 12.9. The third kappa shape index (κ3) is 3.46. The number of rotatable bonds is 5. The number of aryl methyl sites for hydroxylation is 3. The maximum absolute atomic E-state index is 13.1. The molecule has 0 unspecified atom stereocenters. The molecule has 0 saturated heterocycles. The maximum atomic E-state index is 13.1. The van der Waals surface area contributed by atoms with Crippen molar-refractivity contribution >= 4 is 5.91 Å². The van der Waals surface area contributed by atoms with Gasteiger partial charge in [0.2, 0.25) is 0 Å². The number of methoxy groups -OCH3 is 1. The molecule has 2 atom stereocenters. The molecule has 3 heteroatoms. The summed E-state index contributed by atoms with van der Waals surface area (Å²) in [6.45, 7) is 7.21. The van der Waals surface area contributed by atoms with E-state index in [9.17, 15) is 4.79 Å². The van der Waals surface area contributed by atoms with Crippen LogP contribution in [0.3, 0.4) is 0 Å². The molecule has 4 fully saturated rings. The number of nitrogens with one attached hydrogen (secondary N) is 1. The van der Waals surface area contributed by atoms with Gasteiger partial charge in [0.05, 0.1) is 12.7 Å². The SMILES string of the molecule is COc1c(C)cccc1C(=O)NCC12C[C@@H]3C[C@@H](C1)CC(c1ccc(C)c(C)c1)(C3)C2. The van der Waals surface area contributed by atoms with Crippen molar-refractivity contribution in [2.75, 3.05) is 13.7 Å². The minimum absolute atomic E-state index is 0.00322. The van der Waals surface area contributed by atoms with Crippen molar-refractivity contribution in [1.82, 2.24) is 5.32 Å². The zero-order chi connectivity index (χ0) is 21.8. The molecule has 31 heavy (non-hydrogen) atoms.